The number of nitrogens with zero attached hydrogens (tertiary/aromatic N) is 2. The molecule has 0 radical (unpaired) electrons. The number of rotatable bonds is 11. The molecule has 234 valence electrons. The number of benzene rings is 3. The average Bonchev–Trinajstić information content (AvgIpc) is 3.30. The van der Waals surface area contributed by atoms with E-state index in [1.807, 2.05) is 79.3 Å². The number of esters is 1. The van der Waals surface area contributed by atoms with Gasteiger partial charge in [0.15, 0.2) is 0 Å². The topological polar surface area (TPSA) is 76.0 Å². The SMILES string of the molecule is CCOC(=O)c1c(CNC2CCC(O)(c3cccc(OC)c3)C(CN(C)C)C2)c2c(Cl)cc(Cl)cc2n1Cc1ccccc1. The van der Waals surface area contributed by atoms with Crippen molar-refractivity contribution in [3.63, 3.8) is 0 Å². The molecule has 9 heteroatoms. The highest BCUT2D eigenvalue weighted by atomic mass is 35.5. The minimum absolute atomic E-state index is 0.0257. The average molecular weight is 639 g/mol. The van der Waals surface area contributed by atoms with Crippen molar-refractivity contribution in [1.82, 2.24) is 14.8 Å². The number of aromatic nitrogens is 1. The van der Waals surface area contributed by atoms with Gasteiger partial charge in [-0.15, -0.1) is 0 Å². The molecule has 44 heavy (non-hydrogen) atoms. The predicted molar refractivity (Wildman–Crippen MR) is 177 cm³/mol. The van der Waals surface area contributed by atoms with Crippen molar-refractivity contribution in [3.05, 3.63) is 99.2 Å². The Morgan fingerprint density at radius 3 is 2.59 bits per heavy atom. The lowest BCUT2D eigenvalue weighted by molar-refractivity contribution is -0.0694. The van der Waals surface area contributed by atoms with Crippen LogP contribution < -0.4 is 10.1 Å². The number of hydrogen-bond donors (Lipinski definition) is 2. The molecule has 0 aliphatic heterocycles. The van der Waals surface area contributed by atoms with Gasteiger partial charge >= 0.3 is 5.97 Å². The van der Waals surface area contributed by atoms with E-state index >= 15 is 0 Å². The molecule has 0 amide bonds. The highest BCUT2D eigenvalue weighted by Crippen LogP contribution is 2.43. The van der Waals surface area contributed by atoms with Crippen LogP contribution in [0.5, 0.6) is 5.75 Å². The molecule has 0 spiro atoms. The number of ether oxygens (including phenoxy) is 2. The number of nitrogens with one attached hydrogen (secondary N) is 1. The van der Waals surface area contributed by atoms with Crippen LogP contribution in [0, 0.1) is 5.92 Å². The number of carbonyl (C=O) groups is 1. The first-order valence-corrected chi connectivity index (χ1v) is 15.9. The van der Waals surface area contributed by atoms with Crippen LogP contribution in [0.25, 0.3) is 10.9 Å². The summed E-state index contributed by atoms with van der Waals surface area (Å²) in [5.74, 6) is 0.308. The highest BCUT2D eigenvalue weighted by molar-refractivity contribution is 6.39. The molecule has 2 N–H and O–H groups in total. The summed E-state index contributed by atoms with van der Waals surface area (Å²) in [6.45, 7) is 3.65. The van der Waals surface area contributed by atoms with Crippen LogP contribution in [0.1, 0.15) is 53.4 Å². The Kier molecular flexibility index (Phi) is 10.2. The van der Waals surface area contributed by atoms with Crippen LogP contribution in [0.2, 0.25) is 10.0 Å². The third kappa shape index (κ3) is 6.77. The minimum Gasteiger partial charge on any atom is -0.497 e. The molecule has 0 bridgehead atoms. The predicted octanol–water partition coefficient (Wildman–Crippen LogP) is 6.89. The van der Waals surface area contributed by atoms with E-state index in [1.165, 1.54) is 0 Å². The highest BCUT2D eigenvalue weighted by Gasteiger charge is 2.43. The molecule has 4 aromatic rings. The first kappa shape index (κ1) is 32.3. The van der Waals surface area contributed by atoms with Gasteiger partial charge in [-0.3, -0.25) is 0 Å². The van der Waals surface area contributed by atoms with Gasteiger partial charge in [-0.1, -0.05) is 65.7 Å². The lowest BCUT2D eigenvalue weighted by atomic mass is 9.69. The van der Waals surface area contributed by atoms with Gasteiger partial charge in [0, 0.05) is 47.6 Å². The first-order valence-electron chi connectivity index (χ1n) is 15.1. The van der Waals surface area contributed by atoms with Gasteiger partial charge in [0.2, 0.25) is 0 Å². The van der Waals surface area contributed by atoms with Crippen molar-refractivity contribution in [1.29, 1.82) is 0 Å². The second kappa shape index (κ2) is 13.9. The molecule has 1 heterocycles. The third-order valence-corrected chi connectivity index (χ3v) is 9.19. The van der Waals surface area contributed by atoms with Crippen molar-refractivity contribution in [2.75, 3.05) is 34.4 Å². The van der Waals surface area contributed by atoms with E-state index in [9.17, 15) is 9.90 Å². The van der Waals surface area contributed by atoms with E-state index < -0.39 is 11.6 Å². The Balaban J connectivity index is 1.49. The fourth-order valence-corrected chi connectivity index (χ4v) is 7.23. The molecule has 1 fully saturated rings. The minimum atomic E-state index is -0.987. The lowest BCUT2D eigenvalue weighted by Gasteiger charge is -2.45. The van der Waals surface area contributed by atoms with E-state index in [0.717, 1.165) is 52.7 Å². The zero-order chi connectivity index (χ0) is 31.4. The maximum absolute atomic E-state index is 13.6. The van der Waals surface area contributed by atoms with Crippen LogP contribution in [-0.2, 0) is 23.4 Å². The van der Waals surface area contributed by atoms with E-state index in [0.29, 0.717) is 35.2 Å². The summed E-state index contributed by atoms with van der Waals surface area (Å²) in [5, 5.41) is 17.6. The first-order chi connectivity index (χ1) is 21.1. The smallest absolute Gasteiger partial charge is 0.355 e. The van der Waals surface area contributed by atoms with Gasteiger partial charge in [-0.25, -0.2) is 4.79 Å². The Morgan fingerprint density at radius 2 is 1.89 bits per heavy atom. The molecule has 0 saturated heterocycles. The van der Waals surface area contributed by atoms with Gasteiger partial charge in [-0.05, 0) is 75.7 Å². The molecule has 7 nitrogen and oxygen atoms in total. The fraction of sp³-hybridized carbons (Fsp3) is 0.400. The number of methoxy groups -OCH3 is 1. The third-order valence-electron chi connectivity index (χ3n) is 8.68. The summed E-state index contributed by atoms with van der Waals surface area (Å²) >= 11 is 13.3. The van der Waals surface area contributed by atoms with Crippen molar-refractivity contribution in [2.45, 2.75) is 50.9 Å². The molecule has 3 aromatic carbocycles. The van der Waals surface area contributed by atoms with E-state index in [2.05, 4.69) is 10.2 Å². The molecule has 1 aliphatic rings. The summed E-state index contributed by atoms with van der Waals surface area (Å²) < 4.78 is 13.0. The van der Waals surface area contributed by atoms with Crippen LogP contribution >= 0.6 is 23.2 Å². The van der Waals surface area contributed by atoms with Crippen molar-refractivity contribution >= 4 is 40.1 Å². The Bertz CT molecular complexity index is 1610. The second-order valence-electron chi connectivity index (χ2n) is 11.9. The maximum Gasteiger partial charge on any atom is 0.355 e. The number of halogens is 2. The van der Waals surface area contributed by atoms with Gasteiger partial charge in [0.25, 0.3) is 0 Å². The van der Waals surface area contributed by atoms with Crippen LogP contribution in [0.15, 0.2) is 66.7 Å². The van der Waals surface area contributed by atoms with Gasteiger partial charge in [0.05, 0.1) is 29.9 Å². The van der Waals surface area contributed by atoms with Gasteiger partial charge in [-0.2, -0.15) is 0 Å². The molecule has 5 rings (SSSR count). The fourth-order valence-electron chi connectivity index (χ4n) is 6.63. The monoisotopic (exact) mass is 637 g/mol. The summed E-state index contributed by atoms with van der Waals surface area (Å²) in [5.41, 5.74) is 2.97. The summed E-state index contributed by atoms with van der Waals surface area (Å²) in [7, 11) is 5.70. The number of aliphatic hydroxyl groups is 1. The Labute approximate surface area is 269 Å². The molecule has 3 unspecified atom stereocenters. The van der Waals surface area contributed by atoms with Crippen molar-refractivity contribution in [3.8, 4) is 5.75 Å². The molecular weight excluding hydrogens is 597 g/mol. The molecule has 3 atom stereocenters. The van der Waals surface area contributed by atoms with Gasteiger partial charge < -0.3 is 29.4 Å². The van der Waals surface area contributed by atoms with E-state index in [1.54, 1.807) is 20.1 Å². The zero-order valence-corrected chi connectivity index (χ0v) is 27.3. The quantitative estimate of drug-likeness (QED) is 0.174. The summed E-state index contributed by atoms with van der Waals surface area (Å²) in [4.78, 5) is 15.7. The second-order valence-corrected chi connectivity index (χ2v) is 12.7. The van der Waals surface area contributed by atoms with Gasteiger partial charge in [0.1, 0.15) is 11.4 Å². The lowest BCUT2D eigenvalue weighted by Crippen LogP contribution is -2.49. The summed E-state index contributed by atoms with van der Waals surface area (Å²) in [6, 6.07) is 21.4. The largest absolute Gasteiger partial charge is 0.497 e. The molecule has 1 aliphatic carbocycles. The Morgan fingerprint density at radius 1 is 1.11 bits per heavy atom. The normalized spacial score (nSPS) is 20.3. The zero-order valence-electron chi connectivity index (χ0n) is 25.8. The van der Waals surface area contributed by atoms with Crippen LogP contribution in [0.4, 0.5) is 0 Å². The molecule has 1 aromatic heterocycles. The van der Waals surface area contributed by atoms with Crippen molar-refractivity contribution in [2.24, 2.45) is 5.92 Å². The van der Waals surface area contributed by atoms with Crippen molar-refractivity contribution < 1.29 is 19.4 Å². The van der Waals surface area contributed by atoms with E-state index in [-0.39, 0.29) is 18.6 Å². The molecule has 1 saturated carbocycles. The van der Waals surface area contributed by atoms with Crippen LogP contribution in [-0.4, -0.2) is 60.9 Å². The number of fused-ring (bicyclic) bond motifs is 1. The standard InChI is InChI=1S/C35H41Cl2N3O4/c1-5-44-34(41)33-29(32-30(37)18-26(36)19-31(32)40(33)21-23-10-7-6-8-11-23)20-38-27-14-15-35(42,25(16-27)22-39(2)3)24-12-9-13-28(17-24)43-4/h6-13,17-19,25,27,38,42H,5,14-16,20-22H2,1-4H3. The summed E-state index contributed by atoms with van der Waals surface area (Å²) in [6.07, 6.45) is 2.10. The number of hydrogen-bond acceptors (Lipinski definition) is 6. The van der Waals surface area contributed by atoms with Crippen LogP contribution in [0.3, 0.4) is 0 Å². The molecular formula is C35H41Cl2N3O4. The maximum atomic E-state index is 13.6. The Hall–Kier alpha value is -3.07. The number of carbonyl (C=O) groups excluding carboxylic acids is 1. The van der Waals surface area contributed by atoms with E-state index in [4.69, 9.17) is 32.7 Å².